The summed E-state index contributed by atoms with van der Waals surface area (Å²) in [4.78, 5) is 17.6. The van der Waals surface area contributed by atoms with Crippen LogP contribution in [0.2, 0.25) is 5.02 Å². The van der Waals surface area contributed by atoms with E-state index in [9.17, 15) is 14.4 Å². The lowest BCUT2D eigenvalue weighted by Crippen LogP contribution is -2.08. The van der Waals surface area contributed by atoms with Crippen LogP contribution in [0.15, 0.2) is 34.9 Å². The molecule has 0 unspecified atom stereocenters. The number of carbonyl (C=O) groups excluding carboxylic acids is 1. The van der Waals surface area contributed by atoms with Crippen molar-refractivity contribution in [2.75, 3.05) is 0 Å². The molecule has 4 rings (SSSR count). The van der Waals surface area contributed by atoms with Crippen molar-refractivity contribution in [1.29, 1.82) is 5.26 Å². The maximum absolute atomic E-state index is 13.7. The normalized spacial score (nSPS) is 11.3. The van der Waals surface area contributed by atoms with Gasteiger partial charge in [-0.3, -0.25) is 9.20 Å². The van der Waals surface area contributed by atoms with Crippen LogP contribution < -0.4 is 0 Å². The highest BCUT2D eigenvalue weighted by Crippen LogP contribution is 2.34. The summed E-state index contributed by atoms with van der Waals surface area (Å²) < 4.78 is 17.7. The Morgan fingerprint density at radius 2 is 2.11 bits per heavy atom. The average molecular weight is 446 g/mol. The van der Waals surface area contributed by atoms with E-state index in [1.807, 2.05) is 17.5 Å². The molecule has 0 spiro atoms. The number of aromatic nitrogens is 3. The van der Waals surface area contributed by atoms with E-state index in [0.29, 0.717) is 15.8 Å². The fourth-order valence-corrected chi connectivity index (χ4v) is 4.08. The minimum atomic E-state index is -0.578. The highest BCUT2D eigenvalue weighted by atomic mass is 79.9. The minimum absolute atomic E-state index is 0.00282. The van der Waals surface area contributed by atoms with Gasteiger partial charge in [-0.2, -0.15) is 5.26 Å². The molecule has 0 atom stereocenters. The topological polar surface area (TPSA) is 63.1 Å². The number of nitrogens with zero attached hydrogens (tertiary/aromatic N) is 4. The standard InChI is InChI=1S/C19H11BrClFN4O/c1-9-8-26-15-6-13(20)16(12(7-23)17(15)25(2)19(26)24-9)18(27)11-5-10(22)3-4-14(11)21/h3-6,8H,1-2H3. The van der Waals surface area contributed by atoms with Crippen LogP contribution in [0.1, 0.15) is 27.2 Å². The Labute approximate surface area is 166 Å². The summed E-state index contributed by atoms with van der Waals surface area (Å²) in [5.74, 6) is -0.453. The third-order valence-electron chi connectivity index (χ3n) is 4.45. The van der Waals surface area contributed by atoms with Gasteiger partial charge < -0.3 is 4.57 Å². The van der Waals surface area contributed by atoms with Crippen molar-refractivity contribution in [2.45, 2.75) is 6.92 Å². The van der Waals surface area contributed by atoms with Crippen molar-refractivity contribution in [2.24, 2.45) is 7.05 Å². The molecule has 0 bridgehead atoms. The van der Waals surface area contributed by atoms with Gasteiger partial charge in [-0.1, -0.05) is 11.6 Å². The van der Waals surface area contributed by atoms with Gasteiger partial charge in [-0.15, -0.1) is 0 Å². The maximum Gasteiger partial charge on any atom is 0.214 e. The van der Waals surface area contributed by atoms with E-state index in [2.05, 4.69) is 27.0 Å². The SMILES string of the molecule is Cc1cn2c3cc(Br)c(C(=O)c4cc(F)ccc4Cl)c(C#N)c3n(C)c2n1. The molecule has 0 N–H and O–H groups in total. The van der Waals surface area contributed by atoms with Crippen molar-refractivity contribution in [1.82, 2.24) is 14.0 Å². The summed E-state index contributed by atoms with van der Waals surface area (Å²) in [6.45, 7) is 1.88. The van der Waals surface area contributed by atoms with Gasteiger partial charge in [0.15, 0.2) is 5.78 Å². The second kappa shape index (κ2) is 6.19. The smallest absolute Gasteiger partial charge is 0.214 e. The first-order valence-electron chi connectivity index (χ1n) is 7.90. The Hall–Kier alpha value is -2.69. The van der Waals surface area contributed by atoms with Crippen molar-refractivity contribution < 1.29 is 9.18 Å². The van der Waals surface area contributed by atoms with Crippen LogP contribution in [0.4, 0.5) is 4.39 Å². The van der Waals surface area contributed by atoms with E-state index in [4.69, 9.17) is 11.6 Å². The van der Waals surface area contributed by atoms with E-state index in [1.165, 1.54) is 12.1 Å². The number of nitriles is 1. The molecule has 2 aromatic heterocycles. The van der Waals surface area contributed by atoms with Gasteiger partial charge in [-0.25, -0.2) is 9.37 Å². The van der Waals surface area contributed by atoms with E-state index < -0.39 is 11.6 Å². The molecule has 0 aliphatic rings. The fraction of sp³-hybridized carbons (Fsp3) is 0.105. The first-order chi connectivity index (χ1) is 12.8. The third-order valence-corrected chi connectivity index (χ3v) is 5.40. The Bertz CT molecular complexity index is 1320. The summed E-state index contributed by atoms with van der Waals surface area (Å²) in [5.41, 5.74) is 2.46. The third kappa shape index (κ3) is 2.56. The molecule has 4 aromatic rings. The number of hydrogen-bond donors (Lipinski definition) is 0. The van der Waals surface area contributed by atoms with E-state index in [1.54, 1.807) is 17.7 Å². The number of hydrogen-bond acceptors (Lipinski definition) is 3. The molecule has 8 heteroatoms. The maximum atomic E-state index is 13.7. The molecule has 0 aliphatic carbocycles. The van der Waals surface area contributed by atoms with Gasteiger partial charge in [0.05, 0.1) is 32.9 Å². The van der Waals surface area contributed by atoms with Crippen LogP contribution in [0.3, 0.4) is 0 Å². The molecule has 134 valence electrons. The number of benzene rings is 2. The molecule has 0 amide bonds. The first kappa shape index (κ1) is 17.7. The first-order valence-corrected chi connectivity index (χ1v) is 9.07. The van der Waals surface area contributed by atoms with E-state index in [-0.39, 0.29) is 21.7 Å². The zero-order valence-electron chi connectivity index (χ0n) is 14.2. The number of halogens is 3. The molecule has 0 fully saturated rings. The van der Waals surface area contributed by atoms with E-state index >= 15 is 0 Å². The fourth-order valence-electron chi connectivity index (χ4n) is 3.29. The van der Waals surface area contributed by atoms with Crippen LogP contribution in [0.25, 0.3) is 16.8 Å². The summed E-state index contributed by atoms with van der Waals surface area (Å²) in [5, 5.41) is 9.95. The molecule has 0 saturated carbocycles. The number of fused-ring (bicyclic) bond motifs is 3. The summed E-state index contributed by atoms with van der Waals surface area (Å²) in [6.07, 6.45) is 1.86. The van der Waals surface area contributed by atoms with Crippen LogP contribution in [-0.4, -0.2) is 19.7 Å². The lowest BCUT2D eigenvalue weighted by atomic mass is 9.97. The van der Waals surface area contributed by atoms with Crippen molar-refractivity contribution in [3.05, 3.63) is 68.2 Å². The molecular weight excluding hydrogens is 435 g/mol. The van der Waals surface area contributed by atoms with E-state index in [0.717, 1.165) is 17.3 Å². The van der Waals surface area contributed by atoms with Crippen molar-refractivity contribution in [3.63, 3.8) is 0 Å². The molecule has 2 aromatic carbocycles. The van der Waals surface area contributed by atoms with Gasteiger partial charge in [0.2, 0.25) is 5.78 Å². The summed E-state index contributed by atoms with van der Waals surface area (Å²) in [7, 11) is 1.78. The van der Waals surface area contributed by atoms with Gasteiger partial charge in [0.25, 0.3) is 0 Å². The van der Waals surface area contributed by atoms with Gasteiger partial charge in [0, 0.05) is 23.3 Å². The zero-order valence-corrected chi connectivity index (χ0v) is 16.6. The second-order valence-electron chi connectivity index (χ2n) is 6.15. The monoisotopic (exact) mass is 444 g/mol. The zero-order chi connectivity index (χ0) is 19.5. The number of imidazole rings is 2. The number of aryl methyl sites for hydroxylation is 2. The van der Waals surface area contributed by atoms with Crippen LogP contribution in [0, 0.1) is 24.1 Å². The molecule has 0 aliphatic heterocycles. The van der Waals surface area contributed by atoms with Crippen LogP contribution >= 0.6 is 27.5 Å². The second-order valence-corrected chi connectivity index (χ2v) is 7.41. The Morgan fingerprint density at radius 1 is 1.37 bits per heavy atom. The summed E-state index contributed by atoms with van der Waals surface area (Å²) in [6, 6.07) is 7.45. The van der Waals surface area contributed by atoms with Crippen molar-refractivity contribution >= 4 is 50.1 Å². The number of carbonyl (C=O) groups is 1. The number of rotatable bonds is 2. The predicted octanol–water partition coefficient (Wildman–Crippen LogP) is 4.79. The summed E-state index contributed by atoms with van der Waals surface area (Å²) >= 11 is 9.50. The quantitative estimate of drug-likeness (QED) is 0.417. The molecular formula is C19H11BrClFN4O. The van der Waals surface area contributed by atoms with Crippen molar-refractivity contribution in [3.8, 4) is 6.07 Å². The Kier molecular flexibility index (Phi) is 4.06. The molecule has 0 radical (unpaired) electrons. The van der Waals surface area contributed by atoms with Gasteiger partial charge >= 0.3 is 0 Å². The Morgan fingerprint density at radius 3 is 2.81 bits per heavy atom. The van der Waals surface area contributed by atoms with Gasteiger partial charge in [-0.05, 0) is 47.1 Å². The number of ketones is 1. The largest absolute Gasteiger partial charge is 0.312 e. The highest BCUT2D eigenvalue weighted by Gasteiger charge is 2.25. The lowest BCUT2D eigenvalue weighted by molar-refractivity contribution is 0.103. The molecule has 2 heterocycles. The molecule has 5 nitrogen and oxygen atoms in total. The van der Waals surface area contributed by atoms with Crippen LogP contribution in [0.5, 0.6) is 0 Å². The van der Waals surface area contributed by atoms with Gasteiger partial charge in [0.1, 0.15) is 11.9 Å². The predicted molar refractivity (Wildman–Crippen MR) is 104 cm³/mol. The Balaban J connectivity index is 2.08. The molecule has 0 saturated heterocycles. The highest BCUT2D eigenvalue weighted by molar-refractivity contribution is 9.10. The lowest BCUT2D eigenvalue weighted by Gasteiger charge is -2.10. The van der Waals surface area contributed by atoms with Crippen LogP contribution in [-0.2, 0) is 7.05 Å². The minimum Gasteiger partial charge on any atom is -0.312 e. The molecule has 27 heavy (non-hydrogen) atoms. The average Bonchev–Trinajstić information content (AvgIpc) is 3.13.